The lowest BCUT2D eigenvalue weighted by Gasteiger charge is -2.19. The second-order valence-electron chi connectivity index (χ2n) is 4.49. The smallest absolute Gasteiger partial charge is 0.156 e. The number of nitrogens with two attached hydrogens (primary N) is 1. The van der Waals surface area contributed by atoms with E-state index in [1.54, 1.807) is 6.20 Å². The zero-order chi connectivity index (χ0) is 11.8. The average Bonchev–Trinajstić information content (AvgIpc) is 2.68. The van der Waals surface area contributed by atoms with E-state index in [4.69, 9.17) is 5.73 Å². The van der Waals surface area contributed by atoms with Crippen LogP contribution >= 0.6 is 0 Å². The zero-order valence-corrected chi connectivity index (χ0v) is 9.80. The SMILES string of the molecule is CC1CN(c2ncccc2N)c2ccccc21. The van der Waals surface area contributed by atoms with Crippen molar-refractivity contribution in [1.82, 2.24) is 4.98 Å². The van der Waals surface area contributed by atoms with Gasteiger partial charge in [-0.25, -0.2) is 4.98 Å². The first-order chi connectivity index (χ1) is 8.27. The number of nitrogen functional groups attached to an aromatic ring is 1. The van der Waals surface area contributed by atoms with Crippen molar-refractivity contribution in [2.24, 2.45) is 0 Å². The van der Waals surface area contributed by atoms with Crippen LogP contribution in [-0.2, 0) is 0 Å². The Morgan fingerprint density at radius 1 is 1.24 bits per heavy atom. The first kappa shape index (κ1) is 10.1. The maximum Gasteiger partial charge on any atom is 0.156 e. The van der Waals surface area contributed by atoms with Gasteiger partial charge in [0.25, 0.3) is 0 Å². The van der Waals surface area contributed by atoms with E-state index in [2.05, 4.69) is 41.1 Å². The van der Waals surface area contributed by atoms with Crippen LogP contribution in [0.25, 0.3) is 0 Å². The first-order valence-corrected chi connectivity index (χ1v) is 5.84. The van der Waals surface area contributed by atoms with Gasteiger partial charge in [-0.3, -0.25) is 0 Å². The van der Waals surface area contributed by atoms with Crippen molar-refractivity contribution in [3.8, 4) is 0 Å². The number of para-hydroxylation sites is 1. The largest absolute Gasteiger partial charge is 0.396 e. The van der Waals surface area contributed by atoms with Gasteiger partial charge in [-0.2, -0.15) is 0 Å². The Balaban J connectivity index is 2.11. The topological polar surface area (TPSA) is 42.2 Å². The minimum absolute atomic E-state index is 0.521. The molecular formula is C14H15N3. The van der Waals surface area contributed by atoms with Crippen LogP contribution in [0.3, 0.4) is 0 Å². The second-order valence-corrected chi connectivity index (χ2v) is 4.49. The molecule has 0 fully saturated rings. The predicted octanol–water partition coefficient (Wildman–Crippen LogP) is 2.92. The van der Waals surface area contributed by atoms with E-state index in [1.165, 1.54) is 11.3 Å². The molecule has 2 aromatic rings. The van der Waals surface area contributed by atoms with Crippen LogP contribution in [0.2, 0.25) is 0 Å². The summed E-state index contributed by atoms with van der Waals surface area (Å²) in [5.74, 6) is 1.39. The minimum atomic E-state index is 0.521. The normalized spacial score (nSPS) is 18.2. The van der Waals surface area contributed by atoms with E-state index >= 15 is 0 Å². The Hall–Kier alpha value is -2.03. The van der Waals surface area contributed by atoms with Crippen molar-refractivity contribution in [3.05, 3.63) is 48.2 Å². The van der Waals surface area contributed by atoms with E-state index in [0.717, 1.165) is 18.1 Å². The van der Waals surface area contributed by atoms with Crippen LogP contribution in [0.4, 0.5) is 17.2 Å². The molecule has 3 nitrogen and oxygen atoms in total. The lowest BCUT2D eigenvalue weighted by molar-refractivity contribution is 0.808. The highest BCUT2D eigenvalue weighted by Crippen LogP contribution is 2.41. The van der Waals surface area contributed by atoms with Gasteiger partial charge >= 0.3 is 0 Å². The maximum absolute atomic E-state index is 6.00. The van der Waals surface area contributed by atoms with Crippen molar-refractivity contribution in [2.45, 2.75) is 12.8 Å². The van der Waals surface area contributed by atoms with Gasteiger partial charge in [-0.1, -0.05) is 25.1 Å². The maximum atomic E-state index is 6.00. The highest BCUT2D eigenvalue weighted by atomic mass is 15.2. The molecule has 1 atom stereocenters. The fraction of sp³-hybridized carbons (Fsp3) is 0.214. The van der Waals surface area contributed by atoms with E-state index in [1.807, 2.05) is 12.1 Å². The summed E-state index contributed by atoms with van der Waals surface area (Å²) < 4.78 is 0. The molecular weight excluding hydrogens is 210 g/mol. The standard InChI is InChI=1S/C14H15N3/c1-10-9-17(13-7-3-2-5-11(10)13)14-12(15)6-4-8-16-14/h2-8,10H,9,15H2,1H3. The number of benzene rings is 1. The molecule has 1 aliphatic rings. The number of hydrogen-bond acceptors (Lipinski definition) is 3. The van der Waals surface area contributed by atoms with Crippen molar-refractivity contribution in [1.29, 1.82) is 0 Å². The second kappa shape index (κ2) is 3.77. The number of aromatic nitrogens is 1. The number of nitrogens with zero attached hydrogens (tertiary/aromatic N) is 2. The molecule has 0 bridgehead atoms. The molecule has 3 rings (SSSR count). The zero-order valence-electron chi connectivity index (χ0n) is 9.80. The van der Waals surface area contributed by atoms with E-state index in [-0.39, 0.29) is 0 Å². The molecule has 3 heteroatoms. The van der Waals surface area contributed by atoms with Crippen LogP contribution in [-0.4, -0.2) is 11.5 Å². The highest BCUT2D eigenvalue weighted by Gasteiger charge is 2.27. The quantitative estimate of drug-likeness (QED) is 0.811. The molecule has 0 aliphatic carbocycles. The molecule has 2 heterocycles. The summed E-state index contributed by atoms with van der Waals surface area (Å²) in [4.78, 5) is 6.60. The molecule has 0 saturated heterocycles. The van der Waals surface area contributed by atoms with Crippen LogP contribution in [0.15, 0.2) is 42.6 Å². The van der Waals surface area contributed by atoms with Gasteiger partial charge in [-0.15, -0.1) is 0 Å². The van der Waals surface area contributed by atoms with Crippen molar-refractivity contribution >= 4 is 17.2 Å². The molecule has 2 N–H and O–H groups in total. The number of hydrogen-bond donors (Lipinski definition) is 1. The number of pyridine rings is 1. The van der Waals surface area contributed by atoms with Gasteiger partial charge in [0, 0.05) is 24.3 Å². The van der Waals surface area contributed by atoms with Crippen LogP contribution in [0.5, 0.6) is 0 Å². The lowest BCUT2D eigenvalue weighted by Crippen LogP contribution is -2.17. The summed E-state index contributed by atoms with van der Waals surface area (Å²) in [6, 6.07) is 12.2. The van der Waals surface area contributed by atoms with Gasteiger partial charge in [0.05, 0.1) is 5.69 Å². The molecule has 0 amide bonds. The molecule has 1 aromatic carbocycles. The van der Waals surface area contributed by atoms with Crippen molar-refractivity contribution in [2.75, 3.05) is 17.2 Å². The summed E-state index contributed by atoms with van der Waals surface area (Å²) in [5.41, 5.74) is 9.33. The fourth-order valence-corrected chi connectivity index (χ4v) is 2.46. The Morgan fingerprint density at radius 3 is 2.88 bits per heavy atom. The third kappa shape index (κ3) is 1.55. The predicted molar refractivity (Wildman–Crippen MR) is 70.5 cm³/mol. The van der Waals surface area contributed by atoms with E-state index in [9.17, 15) is 0 Å². The Labute approximate surface area is 101 Å². The number of rotatable bonds is 1. The first-order valence-electron chi connectivity index (χ1n) is 5.84. The molecule has 1 unspecified atom stereocenters. The molecule has 0 spiro atoms. The summed E-state index contributed by atoms with van der Waals surface area (Å²) in [6.45, 7) is 3.18. The van der Waals surface area contributed by atoms with Crippen molar-refractivity contribution in [3.63, 3.8) is 0 Å². The minimum Gasteiger partial charge on any atom is -0.396 e. The van der Waals surface area contributed by atoms with Crippen LogP contribution < -0.4 is 10.6 Å². The molecule has 1 aromatic heterocycles. The van der Waals surface area contributed by atoms with Gasteiger partial charge in [0.1, 0.15) is 0 Å². The molecule has 0 saturated carbocycles. The third-order valence-corrected chi connectivity index (χ3v) is 3.29. The Bertz CT molecular complexity index is 551. The van der Waals surface area contributed by atoms with Gasteiger partial charge in [0.15, 0.2) is 5.82 Å². The fourth-order valence-electron chi connectivity index (χ4n) is 2.46. The summed E-state index contributed by atoms with van der Waals surface area (Å²) in [7, 11) is 0. The molecule has 1 aliphatic heterocycles. The summed E-state index contributed by atoms with van der Waals surface area (Å²) in [6.07, 6.45) is 1.79. The number of anilines is 3. The van der Waals surface area contributed by atoms with Crippen LogP contribution in [0.1, 0.15) is 18.4 Å². The van der Waals surface area contributed by atoms with Gasteiger partial charge in [-0.05, 0) is 23.8 Å². The highest BCUT2D eigenvalue weighted by molar-refractivity contribution is 5.75. The van der Waals surface area contributed by atoms with E-state index in [0.29, 0.717) is 5.92 Å². The molecule has 0 radical (unpaired) electrons. The molecule has 17 heavy (non-hydrogen) atoms. The Kier molecular flexibility index (Phi) is 2.25. The third-order valence-electron chi connectivity index (χ3n) is 3.29. The van der Waals surface area contributed by atoms with E-state index < -0.39 is 0 Å². The van der Waals surface area contributed by atoms with Gasteiger partial charge in [0.2, 0.25) is 0 Å². The monoisotopic (exact) mass is 225 g/mol. The summed E-state index contributed by atoms with van der Waals surface area (Å²) in [5, 5.41) is 0. The average molecular weight is 225 g/mol. The van der Waals surface area contributed by atoms with Gasteiger partial charge < -0.3 is 10.6 Å². The van der Waals surface area contributed by atoms with Crippen LogP contribution in [0, 0.1) is 0 Å². The molecule has 86 valence electrons. The Morgan fingerprint density at radius 2 is 2.06 bits per heavy atom. The summed E-state index contributed by atoms with van der Waals surface area (Å²) >= 11 is 0. The van der Waals surface area contributed by atoms with Crippen molar-refractivity contribution < 1.29 is 0 Å². The lowest BCUT2D eigenvalue weighted by atomic mass is 10.0. The number of fused-ring (bicyclic) bond motifs is 1.